The molecule has 110 valence electrons. The van der Waals surface area contributed by atoms with E-state index in [4.69, 9.17) is 14.2 Å². The second kappa shape index (κ2) is 7.22. The Morgan fingerprint density at radius 2 is 2.21 bits per heavy atom. The minimum Gasteiger partial charge on any atom is -0.469 e. The Morgan fingerprint density at radius 3 is 2.89 bits per heavy atom. The van der Waals surface area contributed by atoms with E-state index in [1.807, 2.05) is 0 Å². The summed E-state index contributed by atoms with van der Waals surface area (Å²) in [5.74, 6) is 0.279. The third-order valence-electron chi connectivity index (χ3n) is 4.04. The predicted molar refractivity (Wildman–Crippen MR) is 70.7 cm³/mol. The van der Waals surface area contributed by atoms with Crippen LogP contribution >= 0.6 is 0 Å². The Balaban J connectivity index is 1.65. The van der Waals surface area contributed by atoms with Crippen molar-refractivity contribution in [3.05, 3.63) is 0 Å². The van der Waals surface area contributed by atoms with Crippen LogP contribution in [0.2, 0.25) is 0 Å². The summed E-state index contributed by atoms with van der Waals surface area (Å²) in [7, 11) is 1.46. The molecule has 19 heavy (non-hydrogen) atoms. The minimum atomic E-state index is -0.0912. The normalized spacial score (nSPS) is 32.4. The molecule has 0 radical (unpaired) electrons. The zero-order chi connectivity index (χ0) is 13.7. The fourth-order valence-electron chi connectivity index (χ4n) is 2.86. The summed E-state index contributed by atoms with van der Waals surface area (Å²) in [6, 6.07) is 0. The summed E-state index contributed by atoms with van der Waals surface area (Å²) in [5, 5.41) is 0. The largest absolute Gasteiger partial charge is 0.469 e. The van der Waals surface area contributed by atoms with Crippen LogP contribution in [0, 0.1) is 11.8 Å². The van der Waals surface area contributed by atoms with E-state index in [9.17, 15) is 4.79 Å². The number of likely N-dealkylation sites (tertiary alicyclic amines) is 1. The molecule has 0 bridgehead atoms. The highest BCUT2D eigenvalue weighted by molar-refractivity contribution is 5.73. The van der Waals surface area contributed by atoms with Crippen LogP contribution in [0.4, 0.5) is 0 Å². The number of nitrogens with zero attached hydrogens (tertiary/aromatic N) is 1. The molecule has 5 heteroatoms. The molecule has 2 heterocycles. The summed E-state index contributed by atoms with van der Waals surface area (Å²) in [5.41, 5.74) is 0. The second-order valence-electron chi connectivity index (χ2n) is 5.53. The van der Waals surface area contributed by atoms with Gasteiger partial charge in [0.05, 0.1) is 19.6 Å². The van der Waals surface area contributed by atoms with Crippen molar-refractivity contribution in [2.45, 2.75) is 32.5 Å². The fraction of sp³-hybridized carbons (Fsp3) is 0.929. The topological polar surface area (TPSA) is 48.0 Å². The number of ether oxygens (including phenoxy) is 3. The lowest BCUT2D eigenvalue weighted by atomic mass is 9.99. The first kappa shape index (κ1) is 14.8. The first-order valence-corrected chi connectivity index (χ1v) is 7.24. The number of carbonyl (C=O) groups is 1. The van der Waals surface area contributed by atoms with Crippen LogP contribution < -0.4 is 0 Å². The molecular formula is C14H25NO4. The Labute approximate surface area is 115 Å². The van der Waals surface area contributed by atoms with Crippen molar-refractivity contribution in [1.29, 1.82) is 0 Å². The van der Waals surface area contributed by atoms with Gasteiger partial charge in [-0.2, -0.15) is 0 Å². The van der Waals surface area contributed by atoms with Gasteiger partial charge in [0.25, 0.3) is 0 Å². The number of hydrogen-bond acceptors (Lipinski definition) is 5. The third-order valence-corrected chi connectivity index (χ3v) is 4.04. The van der Waals surface area contributed by atoms with E-state index < -0.39 is 0 Å². The maximum absolute atomic E-state index is 11.6. The molecule has 0 saturated carbocycles. The van der Waals surface area contributed by atoms with E-state index in [2.05, 4.69) is 11.8 Å². The molecule has 0 aliphatic carbocycles. The Hall–Kier alpha value is -0.650. The van der Waals surface area contributed by atoms with Gasteiger partial charge in [-0.05, 0) is 25.2 Å². The molecule has 2 fully saturated rings. The summed E-state index contributed by atoms with van der Waals surface area (Å²) in [6.07, 6.45) is 3.31. The molecule has 2 rings (SSSR count). The van der Waals surface area contributed by atoms with E-state index in [1.54, 1.807) is 0 Å². The summed E-state index contributed by atoms with van der Waals surface area (Å²) >= 11 is 0. The lowest BCUT2D eigenvalue weighted by molar-refractivity contribution is -0.164. The smallest absolute Gasteiger partial charge is 0.310 e. The quantitative estimate of drug-likeness (QED) is 0.705. The SMILES string of the molecule is COC(=O)C1CN(CCOC2CCCCO2)CC1C. The van der Waals surface area contributed by atoms with Gasteiger partial charge < -0.3 is 14.2 Å². The highest BCUT2D eigenvalue weighted by Gasteiger charge is 2.35. The van der Waals surface area contributed by atoms with Gasteiger partial charge in [-0.1, -0.05) is 6.92 Å². The van der Waals surface area contributed by atoms with Crippen LogP contribution in [-0.4, -0.2) is 57.1 Å². The van der Waals surface area contributed by atoms with Crippen molar-refractivity contribution >= 4 is 5.97 Å². The van der Waals surface area contributed by atoms with Crippen LogP contribution in [0.1, 0.15) is 26.2 Å². The molecule has 2 aliphatic rings. The second-order valence-corrected chi connectivity index (χ2v) is 5.53. The molecule has 5 nitrogen and oxygen atoms in total. The van der Waals surface area contributed by atoms with Crippen molar-refractivity contribution in [2.75, 3.05) is 40.0 Å². The average Bonchev–Trinajstić information content (AvgIpc) is 2.80. The first-order chi connectivity index (χ1) is 9.20. The van der Waals surface area contributed by atoms with Crippen LogP contribution in [-0.2, 0) is 19.0 Å². The number of esters is 1. The van der Waals surface area contributed by atoms with Gasteiger partial charge in [-0.15, -0.1) is 0 Å². The molecular weight excluding hydrogens is 246 g/mol. The lowest BCUT2D eigenvalue weighted by Crippen LogP contribution is -2.30. The van der Waals surface area contributed by atoms with Crippen LogP contribution in [0.25, 0.3) is 0 Å². The van der Waals surface area contributed by atoms with E-state index in [0.29, 0.717) is 12.5 Å². The zero-order valence-corrected chi connectivity index (χ0v) is 12.0. The summed E-state index contributed by atoms with van der Waals surface area (Å²) < 4.78 is 16.1. The van der Waals surface area contributed by atoms with Gasteiger partial charge in [0.2, 0.25) is 0 Å². The molecule has 2 saturated heterocycles. The van der Waals surface area contributed by atoms with Crippen molar-refractivity contribution in [3.63, 3.8) is 0 Å². The molecule has 3 atom stereocenters. The minimum absolute atomic E-state index is 0.0101. The predicted octanol–water partition coefficient (Wildman–Crippen LogP) is 1.27. The van der Waals surface area contributed by atoms with E-state index in [-0.39, 0.29) is 18.2 Å². The number of carbonyl (C=O) groups excluding carboxylic acids is 1. The van der Waals surface area contributed by atoms with Crippen molar-refractivity contribution in [1.82, 2.24) is 4.90 Å². The molecule has 3 unspecified atom stereocenters. The number of hydrogen-bond donors (Lipinski definition) is 0. The van der Waals surface area contributed by atoms with E-state index >= 15 is 0 Å². The molecule has 0 aromatic heterocycles. The highest BCUT2D eigenvalue weighted by atomic mass is 16.7. The van der Waals surface area contributed by atoms with E-state index in [0.717, 1.165) is 39.1 Å². The maximum Gasteiger partial charge on any atom is 0.310 e. The van der Waals surface area contributed by atoms with Gasteiger partial charge in [-0.3, -0.25) is 9.69 Å². The molecule has 2 aliphatic heterocycles. The van der Waals surface area contributed by atoms with Crippen molar-refractivity contribution in [3.8, 4) is 0 Å². The lowest BCUT2D eigenvalue weighted by Gasteiger charge is -2.24. The van der Waals surface area contributed by atoms with Gasteiger partial charge in [0, 0.05) is 26.2 Å². The van der Waals surface area contributed by atoms with Gasteiger partial charge in [0.1, 0.15) is 0 Å². The van der Waals surface area contributed by atoms with Crippen LogP contribution in [0.3, 0.4) is 0 Å². The average molecular weight is 271 g/mol. The van der Waals surface area contributed by atoms with Gasteiger partial charge in [-0.25, -0.2) is 0 Å². The molecule has 0 aromatic rings. The first-order valence-electron chi connectivity index (χ1n) is 7.24. The monoisotopic (exact) mass is 271 g/mol. The van der Waals surface area contributed by atoms with Crippen LogP contribution in [0.15, 0.2) is 0 Å². The summed E-state index contributed by atoms with van der Waals surface area (Å²) in [4.78, 5) is 13.9. The maximum atomic E-state index is 11.6. The molecule has 0 amide bonds. The standard InChI is InChI=1S/C14H25NO4/c1-11-9-15(10-12(11)14(16)17-2)6-8-19-13-5-3-4-7-18-13/h11-13H,3-10H2,1-2H3. The summed E-state index contributed by atoms with van der Waals surface area (Å²) in [6.45, 7) is 6.17. The zero-order valence-electron chi connectivity index (χ0n) is 12.0. The molecule has 0 spiro atoms. The van der Waals surface area contributed by atoms with Crippen LogP contribution in [0.5, 0.6) is 0 Å². The Bertz CT molecular complexity index is 291. The Kier molecular flexibility index (Phi) is 5.60. The van der Waals surface area contributed by atoms with E-state index in [1.165, 1.54) is 13.5 Å². The van der Waals surface area contributed by atoms with Crippen molar-refractivity contribution in [2.24, 2.45) is 11.8 Å². The van der Waals surface area contributed by atoms with Gasteiger partial charge >= 0.3 is 5.97 Å². The van der Waals surface area contributed by atoms with Gasteiger partial charge in [0.15, 0.2) is 6.29 Å². The molecule has 0 aromatic carbocycles. The van der Waals surface area contributed by atoms with Crippen molar-refractivity contribution < 1.29 is 19.0 Å². The highest BCUT2D eigenvalue weighted by Crippen LogP contribution is 2.23. The number of methoxy groups -OCH3 is 1. The Morgan fingerprint density at radius 1 is 1.37 bits per heavy atom. The molecule has 0 N–H and O–H groups in total. The number of rotatable bonds is 5. The fourth-order valence-corrected chi connectivity index (χ4v) is 2.86. The third kappa shape index (κ3) is 4.16.